The van der Waals surface area contributed by atoms with E-state index >= 15 is 0 Å². The molecule has 6 heteroatoms. The van der Waals surface area contributed by atoms with E-state index in [0.717, 1.165) is 56.0 Å². The summed E-state index contributed by atoms with van der Waals surface area (Å²) in [7, 11) is 0. The van der Waals surface area contributed by atoms with E-state index < -0.39 is 0 Å². The highest BCUT2D eigenvalue weighted by Crippen LogP contribution is 2.66. The molecule has 4 fully saturated rings. The van der Waals surface area contributed by atoms with Crippen molar-refractivity contribution in [2.24, 2.45) is 23.7 Å². The molecule has 4 aliphatic carbocycles. The van der Waals surface area contributed by atoms with Crippen LogP contribution in [0.3, 0.4) is 0 Å². The molecule has 0 saturated heterocycles. The first-order chi connectivity index (χ1) is 30.6. The Morgan fingerprint density at radius 2 is 1.16 bits per heavy atom. The Hall–Kier alpha value is -6.94. The summed E-state index contributed by atoms with van der Waals surface area (Å²) in [5.74, 6) is 4.77. The SMILES string of the molecule is N#Cc1ccc(-c2ccc3c(c2)sc2cccc(C4(c5ccc(-c6nc(-c7ccccc7)nc(-c7cccc8oc9ccccc9c78)n6)cc5)C5CC6CC(C5)CC4C6)c23)cc1. The third-order valence-corrected chi connectivity index (χ3v) is 15.8. The molecule has 0 spiro atoms. The molecule has 10 aromatic rings. The van der Waals surface area contributed by atoms with Crippen molar-refractivity contribution in [3.8, 4) is 51.4 Å². The molecule has 0 amide bonds. The predicted molar refractivity (Wildman–Crippen MR) is 251 cm³/mol. The van der Waals surface area contributed by atoms with Crippen LogP contribution >= 0.6 is 11.3 Å². The van der Waals surface area contributed by atoms with Crippen LogP contribution in [0.5, 0.6) is 0 Å². The molecule has 14 rings (SSSR count). The fourth-order valence-corrected chi connectivity index (χ4v) is 13.5. The van der Waals surface area contributed by atoms with Crippen LogP contribution in [0.25, 0.3) is 87.4 Å². The molecular formula is C56H40N4OS. The Morgan fingerprint density at radius 1 is 0.516 bits per heavy atom. The van der Waals surface area contributed by atoms with Crippen molar-refractivity contribution < 1.29 is 4.42 Å². The largest absolute Gasteiger partial charge is 0.456 e. The molecule has 0 N–H and O–H groups in total. The summed E-state index contributed by atoms with van der Waals surface area (Å²) in [4.78, 5) is 15.6. The minimum Gasteiger partial charge on any atom is -0.456 e. The maximum atomic E-state index is 9.39. The second-order valence-corrected chi connectivity index (χ2v) is 19.0. The van der Waals surface area contributed by atoms with Crippen molar-refractivity contribution in [1.29, 1.82) is 5.26 Å². The fraction of sp³-hybridized carbons (Fsp3) is 0.179. The standard InChI is InChI=1S/C56H40N4OS/c57-32-33-16-18-36(19-17-33)39-22-25-44-50(31-39)62-49-15-7-12-46(52(44)49)56(41-27-34-26-35(29-41)30-42(56)28-34)40-23-20-38(21-24-40)54-58-53(37-8-2-1-3-9-37)59-55(60-54)45-11-6-14-48-51(45)43-10-4-5-13-47(43)61-48/h1-25,31,34-35,41-42H,26-30H2. The number of furan rings is 1. The maximum Gasteiger partial charge on any atom is 0.164 e. The first-order valence-electron chi connectivity index (χ1n) is 21.9. The summed E-state index contributed by atoms with van der Waals surface area (Å²) in [6.07, 6.45) is 6.58. The van der Waals surface area contributed by atoms with Gasteiger partial charge in [-0.2, -0.15) is 5.26 Å². The van der Waals surface area contributed by atoms with Crippen molar-refractivity contribution in [3.63, 3.8) is 0 Å². The van der Waals surface area contributed by atoms with Crippen LogP contribution in [0.15, 0.2) is 162 Å². The van der Waals surface area contributed by atoms with E-state index in [2.05, 4.69) is 109 Å². The third-order valence-electron chi connectivity index (χ3n) is 14.6. The lowest BCUT2D eigenvalue weighted by molar-refractivity contribution is -0.0411. The highest BCUT2D eigenvalue weighted by Gasteiger charge is 2.59. The van der Waals surface area contributed by atoms with Crippen LogP contribution in [0.2, 0.25) is 0 Å². The van der Waals surface area contributed by atoms with E-state index in [1.807, 2.05) is 65.9 Å². The van der Waals surface area contributed by atoms with Gasteiger partial charge in [-0.3, -0.25) is 0 Å². The summed E-state index contributed by atoms with van der Waals surface area (Å²) in [6, 6.07) is 58.3. The summed E-state index contributed by atoms with van der Waals surface area (Å²) in [5.41, 5.74) is 10.3. The van der Waals surface area contributed by atoms with Gasteiger partial charge in [-0.25, -0.2) is 15.0 Å². The van der Waals surface area contributed by atoms with Crippen LogP contribution in [-0.4, -0.2) is 15.0 Å². The zero-order chi connectivity index (χ0) is 40.9. The van der Waals surface area contributed by atoms with Crippen molar-refractivity contribution in [1.82, 2.24) is 15.0 Å². The van der Waals surface area contributed by atoms with E-state index in [0.29, 0.717) is 34.9 Å². The molecule has 3 heterocycles. The zero-order valence-corrected chi connectivity index (χ0v) is 34.8. The molecule has 4 aliphatic rings. The third kappa shape index (κ3) is 5.41. The van der Waals surface area contributed by atoms with E-state index in [1.54, 1.807) is 0 Å². The smallest absolute Gasteiger partial charge is 0.164 e. The number of rotatable bonds is 6. The van der Waals surface area contributed by atoms with Gasteiger partial charge < -0.3 is 4.42 Å². The molecule has 3 aromatic heterocycles. The number of nitrogens with zero attached hydrogens (tertiary/aromatic N) is 4. The average Bonchev–Trinajstić information content (AvgIpc) is 3.90. The second-order valence-electron chi connectivity index (χ2n) is 17.9. The van der Waals surface area contributed by atoms with E-state index in [9.17, 15) is 5.26 Å². The normalized spacial score (nSPS) is 21.6. The van der Waals surface area contributed by atoms with Crippen LogP contribution in [0.4, 0.5) is 0 Å². The minimum atomic E-state index is -0.0945. The van der Waals surface area contributed by atoms with Crippen LogP contribution in [0.1, 0.15) is 48.8 Å². The number of para-hydroxylation sites is 1. The monoisotopic (exact) mass is 816 g/mol. The molecule has 0 radical (unpaired) electrons. The number of hydrogen-bond acceptors (Lipinski definition) is 6. The molecule has 296 valence electrons. The Balaban J connectivity index is 0.967. The molecule has 0 aliphatic heterocycles. The first kappa shape index (κ1) is 35.8. The lowest BCUT2D eigenvalue weighted by Gasteiger charge is -2.62. The average molecular weight is 817 g/mol. The molecule has 7 aromatic carbocycles. The topological polar surface area (TPSA) is 75.6 Å². The van der Waals surface area contributed by atoms with E-state index in [4.69, 9.17) is 19.4 Å². The molecule has 4 bridgehead atoms. The number of fused-ring (bicyclic) bond motifs is 6. The summed E-state index contributed by atoms with van der Waals surface area (Å²) in [6.45, 7) is 0. The van der Waals surface area contributed by atoms with Gasteiger partial charge in [0.25, 0.3) is 0 Å². The number of benzene rings is 7. The van der Waals surface area contributed by atoms with Gasteiger partial charge in [0.15, 0.2) is 17.5 Å². The summed E-state index contributed by atoms with van der Waals surface area (Å²) >= 11 is 1.91. The Morgan fingerprint density at radius 3 is 1.92 bits per heavy atom. The number of thiophene rings is 1. The molecule has 0 unspecified atom stereocenters. The van der Waals surface area contributed by atoms with Gasteiger partial charge in [-0.1, -0.05) is 121 Å². The Labute approximate surface area is 363 Å². The molecular weight excluding hydrogens is 777 g/mol. The van der Waals surface area contributed by atoms with E-state index in [1.165, 1.54) is 69.0 Å². The fourth-order valence-electron chi connectivity index (χ4n) is 12.3. The number of nitriles is 1. The molecule has 0 atom stereocenters. The highest BCUT2D eigenvalue weighted by molar-refractivity contribution is 7.25. The van der Waals surface area contributed by atoms with Crippen LogP contribution < -0.4 is 0 Å². The number of hydrogen-bond donors (Lipinski definition) is 0. The Kier molecular flexibility index (Phi) is 7.96. The minimum absolute atomic E-state index is 0.0945. The Bertz CT molecular complexity index is 3400. The highest BCUT2D eigenvalue weighted by atomic mass is 32.1. The van der Waals surface area contributed by atoms with Gasteiger partial charge >= 0.3 is 0 Å². The lowest BCUT2D eigenvalue weighted by Crippen LogP contribution is -2.56. The predicted octanol–water partition coefficient (Wildman–Crippen LogP) is 14.4. The van der Waals surface area contributed by atoms with Crippen molar-refractivity contribution in [2.45, 2.75) is 37.5 Å². The number of aromatic nitrogens is 3. The second kappa shape index (κ2) is 13.8. The van der Waals surface area contributed by atoms with Crippen molar-refractivity contribution in [3.05, 3.63) is 174 Å². The first-order valence-corrected chi connectivity index (χ1v) is 22.7. The molecule has 5 nitrogen and oxygen atoms in total. The summed E-state index contributed by atoms with van der Waals surface area (Å²) < 4.78 is 8.96. The quantitative estimate of drug-likeness (QED) is 0.167. The van der Waals surface area contributed by atoms with Crippen molar-refractivity contribution in [2.75, 3.05) is 0 Å². The molecule has 62 heavy (non-hydrogen) atoms. The maximum absolute atomic E-state index is 9.39. The molecule has 4 saturated carbocycles. The van der Waals surface area contributed by atoms with Crippen LogP contribution in [-0.2, 0) is 5.41 Å². The summed E-state index contributed by atoms with van der Waals surface area (Å²) in [5, 5.41) is 14.2. The van der Waals surface area contributed by atoms with Gasteiger partial charge in [-0.15, -0.1) is 11.3 Å². The van der Waals surface area contributed by atoms with Crippen molar-refractivity contribution >= 4 is 53.4 Å². The van der Waals surface area contributed by atoms with Gasteiger partial charge in [0.2, 0.25) is 0 Å². The van der Waals surface area contributed by atoms with Gasteiger partial charge in [0, 0.05) is 53.1 Å². The van der Waals surface area contributed by atoms with E-state index in [-0.39, 0.29) is 5.41 Å². The van der Waals surface area contributed by atoms with Gasteiger partial charge in [-0.05, 0) is 114 Å². The zero-order valence-electron chi connectivity index (χ0n) is 34.0. The van der Waals surface area contributed by atoms with Crippen LogP contribution in [0, 0.1) is 35.0 Å². The van der Waals surface area contributed by atoms with Gasteiger partial charge in [0.05, 0.1) is 11.6 Å². The van der Waals surface area contributed by atoms with Gasteiger partial charge in [0.1, 0.15) is 11.2 Å². The lowest BCUT2D eigenvalue weighted by atomic mass is 9.42.